The normalized spacial score (nSPS) is 13.4. The molecule has 4 nitrogen and oxygen atoms in total. The Kier molecular flexibility index (Phi) is 6.79. The van der Waals surface area contributed by atoms with Gasteiger partial charge in [-0.3, -0.25) is 4.84 Å². The maximum absolute atomic E-state index is 12.4. The van der Waals surface area contributed by atoms with E-state index in [1.54, 1.807) is 12.1 Å². The summed E-state index contributed by atoms with van der Waals surface area (Å²) >= 11 is 0. The highest BCUT2D eigenvalue weighted by atomic mass is 16.7. The van der Waals surface area contributed by atoms with Crippen LogP contribution in [0, 0.1) is 0 Å². The number of hydrogen-bond acceptors (Lipinski definition) is 4. The van der Waals surface area contributed by atoms with Gasteiger partial charge in [0, 0.05) is 11.1 Å². The molecule has 1 unspecified atom stereocenters. The molecule has 2 rings (SSSR count). The van der Waals surface area contributed by atoms with Crippen molar-refractivity contribution >= 4 is 5.97 Å². The third-order valence-corrected chi connectivity index (χ3v) is 4.00. The van der Waals surface area contributed by atoms with E-state index in [1.165, 1.54) is 0 Å². The maximum Gasteiger partial charge on any atom is 0.338 e. The van der Waals surface area contributed by atoms with E-state index in [4.69, 9.17) is 9.57 Å². The zero-order valence-corrected chi connectivity index (χ0v) is 17.2. The zero-order valence-electron chi connectivity index (χ0n) is 17.2. The van der Waals surface area contributed by atoms with Gasteiger partial charge in [0.2, 0.25) is 0 Å². The highest BCUT2D eigenvalue weighted by Crippen LogP contribution is 2.30. The lowest BCUT2D eigenvalue weighted by Gasteiger charge is -2.45. The first kappa shape index (κ1) is 21.1. The van der Waals surface area contributed by atoms with Gasteiger partial charge in [-0.1, -0.05) is 48.5 Å². The molecule has 0 radical (unpaired) electrons. The van der Waals surface area contributed by atoms with Gasteiger partial charge in [-0.15, -0.1) is 0 Å². The Bertz CT molecular complexity index is 701. The summed E-state index contributed by atoms with van der Waals surface area (Å²) in [5.74, 6) is -0.349. The average molecular weight is 370 g/mol. The van der Waals surface area contributed by atoms with Gasteiger partial charge in [-0.2, -0.15) is 5.06 Å². The summed E-state index contributed by atoms with van der Waals surface area (Å²) in [5, 5.41) is 1.98. The van der Waals surface area contributed by atoms with Crippen LogP contribution in [0.15, 0.2) is 60.7 Å². The standard InChI is InChI=1S/C23H31NO3/c1-22(2,3)24(23(4,5)6)27-20(18-13-9-7-10-14-18)17-26-21(25)19-15-11-8-12-16-19/h7-16,20H,17H2,1-6H3. The van der Waals surface area contributed by atoms with E-state index in [0.717, 1.165) is 5.56 Å². The third-order valence-electron chi connectivity index (χ3n) is 4.00. The smallest absolute Gasteiger partial charge is 0.338 e. The van der Waals surface area contributed by atoms with E-state index in [0.29, 0.717) is 5.56 Å². The molecular formula is C23H31NO3. The number of esters is 1. The molecule has 0 fully saturated rings. The Balaban J connectivity index is 2.20. The van der Waals surface area contributed by atoms with Crippen LogP contribution in [-0.2, 0) is 9.57 Å². The first-order valence-corrected chi connectivity index (χ1v) is 9.33. The topological polar surface area (TPSA) is 38.8 Å². The summed E-state index contributed by atoms with van der Waals surface area (Å²) in [4.78, 5) is 18.8. The summed E-state index contributed by atoms with van der Waals surface area (Å²) in [6.45, 7) is 12.8. The third kappa shape index (κ3) is 6.19. The summed E-state index contributed by atoms with van der Waals surface area (Å²) in [5.41, 5.74) is 1.08. The lowest BCUT2D eigenvalue weighted by molar-refractivity contribution is -0.291. The molecule has 146 valence electrons. The monoisotopic (exact) mass is 369 g/mol. The molecule has 2 aromatic carbocycles. The summed E-state index contributed by atoms with van der Waals surface area (Å²) in [6.07, 6.45) is -0.391. The second-order valence-electron chi connectivity index (χ2n) is 8.61. The Hall–Kier alpha value is -2.17. The van der Waals surface area contributed by atoms with Crippen LogP contribution in [0.5, 0.6) is 0 Å². The number of nitrogens with zero attached hydrogens (tertiary/aromatic N) is 1. The number of hydrogen-bond donors (Lipinski definition) is 0. The van der Waals surface area contributed by atoms with E-state index >= 15 is 0 Å². The molecule has 4 heteroatoms. The molecule has 0 saturated carbocycles. The van der Waals surface area contributed by atoms with E-state index < -0.39 is 6.10 Å². The van der Waals surface area contributed by atoms with Crippen molar-refractivity contribution in [3.8, 4) is 0 Å². The minimum Gasteiger partial charge on any atom is -0.459 e. The minimum atomic E-state index is -0.391. The number of benzene rings is 2. The van der Waals surface area contributed by atoms with Gasteiger partial charge in [0.1, 0.15) is 12.7 Å². The van der Waals surface area contributed by atoms with E-state index in [-0.39, 0.29) is 23.7 Å². The lowest BCUT2D eigenvalue weighted by Crippen LogP contribution is -2.53. The zero-order chi connectivity index (χ0) is 20.1. The number of hydroxylamine groups is 2. The molecule has 0 aromatic heterocycles. The maximum atomic E-state index is 12.4. The predicted octanol–water partition coefficient (Wildman–Crippen LogP) is 5.42. The number of ether oxygens (including phenoxy) is 1. The second kappa shape index (κ2) is 8.68. The van der Waals surface area contributed by atoms with Gasteiger partial charge in [0.05, 0.1) is 5.56 Å². The van der Waals surface area contributed by atoms with Crippen LogP contribution in [0.4, 0.5) is 0 Å². The van der Waals surface area contributed by atoms with Crippen LogP contribution in [0.1, 0.15) is 63.6 Å². The molecule has 0 heterocycles. The Labute approximate surface area is 163 Å². The fourth-order valence-electron chi connectivity index (χ4n) is 3.11. The van der Waals surface area contributed by atoms with E-state index in [2.05, 4.69) is 41.5 Å². The summed E-state index contributed by atoms with van der Waals surface area (Å²) in [7, 11) is 0. The van der Waals surface area contributed by atoms with Gasteiger partial charge in [-0.25, -0.2) is 4.79 Å². The molecule has 0 aliphatic rings. The van der Waals surface area contributed by atoms with Gasteiger partial charge in [-0.05, 0) is 59.2 Å². The highest BCUT2D eigenvalue weighted by Gasteiger charge is 2.35. The van der Waals surface area contributed by atoms with E-state index in [1.807, 2.05) is 53.6 Å². The van der Waals surface area contributed by atoms with Crippen LogP contribution in [0.25, 0.3) is 0 Å². The summed E-state index contributed by atoms with van der Waals surface area (Å²) < 4.78 is 5.58. The first-order valence-electron chi connectivity index (χ1n) is 9.33. The average Bonchev–Trinajstić information content (AvgIpc) is 2.61. The fourth-order valence-corrected chi connectivity index (χ4v) is 3.11. The lowest BCUT2D eigenvalue weighted by atomic mass is 10.00. The molecule has 0 amide bonds. The predicted molar refractivity (Wildman–Crippen MR) is 108 cm³/mol. The van der Waals surface area contributed by atoms with Crippen molar-refractivity contribution in [2.45, 2.75) is 58.7 Å². The molecule has 0 bridgehead atoms. The quantitative estimate of drug-likeness (QED) is 0.504. The Morgan fingerprint density at radius 1 is 0.852 bits per heavy atom. The van der Waals surface area contributed by atoms with Crippen molar-refractivity contribution in [3.63, 3.8) is 0 Å². The molecule has 0 aliphatic heterocycles. The molecular weight excluding hydrogens is 338 g/mol. The van der Waals surface area contributed by atoms with Crippen LogP contribution >= 0.6 is 0 Å². The van der Waals surface area contributed by atoms with Gasteiger partial charge in [0.25, 0.3) is 0 Å². The van der Waals surface area contributed by atoms with Crippen molar-refractivity contribution in [2.24, 2.45) is 0 Å². The van der Waals surface area contributed by atoms with Crippen molar-refractivity contribution in [2.75, 3.05) is 6.61 Å². The van der Waals surface area contributed by atoms with Gasteiger partial charge in [0.15, 0.2) is 0 Å². The molecule has 2 aromatic rings. The van der Waals surface area contributed by atoms with Crippen molar-refractivity contribution in [1.29, 1.82) is 0 Å². The molecule has 0 saturated heterocycles. The van der Waals surface area contributed by atoms with Gasteiger partial charge >= 0.3 is 5.97 Å². The van der Waals surface area contributed by atoms with Crippen LogP contribution in [-0.4, -0.2) is 28.7 Å². The summed E-state index contributed by atoms with van der Waals surface area (Å²) in [6, 6.07) is 18.9. The van der Waals surface area contributed by atoms with Crippen molar-refractivity contribution in [1.82, 2.24) is 5.06 Å². The Morgan fingerprint density at radius 2 is 1.33 bits per heavy atom. The molecule has 1 atom stereocenters. The second-order valence-corrected chi connectivity index (χ2v) is 8.61. The number of carbonyl (C=O) groups is 1. The molecule has 0 spiro atoms. The van der Waals surface area contributed by atoms with E-state index in [9.17, 15) is 4.79 Å². The first-order chi connectivity index (χ1) is 12.6. The highest BCUT2D eigenvalue weighted by molar-refractivity contribution is 5.89. The molecule has 0 N–H and O–H groups in total. The largest absolute Gasteiger partial charge is 0.459 e. The SMILES string of the molecule is CC(C)(C)N(OC(COC(=O)c1ccccc1)c1ccccc1)C(C)(C)C. The fraction of sp³-hybridized carbons (Fsp3) is 0.435. The van der Waals surface area contributed by atoms with Gasteiger partial charge < -0.3 is 4.74 Å². The molecule has 0 aliphatic carbocycles. The van der Waals surface area contributed by atoms with Crippen LogP contribution < -0.4 is 0 Å². The van der Waals surface area contributed by atoms with Crippen LogP contribution in [0.3, 0.4) is 0 Å². The minimum absolute atomic E-state index is 0.139. The molecule has 27 heavy (non-hydrogen) atoms. The van der Waals surface area contributed by atoms with Crippen molar-refractivity contribution < 1.29 is 14.4 Å². The Morgan fingerprint density at radius 3 is 1.81 bits per heavy atom. The van der Waals surface area contributed by atoms with Crippen molar-refractivity contribution in [3.05, 3.63) is 71.8 Å². The van der Waals surface area contributed by atoms with Crippen LogP contribution in [0.2, 0.25) is 0 Å². The number of rotatable bonds is 6. The number of carbonyl (C=O) groups excluding carboxylic acids is 1.